The molecule has 3 heterocycles. The molecule has 0 atom stereocenters. The summed E-state index contributed by atoms with van der Waals surface area (Å²) in [7, 11) is 0. The van der Waals surface area contributed by atoms with Gasteiger partial charge in [0.25, 0.3) is 0 Å². The molecule has 0 aliphatic carbocycles. The van der Waals surface area contributed by atoms with E-state index in [-0.39, 0.29) is 23.1 Å². The Labute approximate surface area is 146 Å². The molecule has 9 heteroatoms. The molecule has 4 rings (SSSR count). The predicted octanol–water partition coefficient (Wildman–Crippen LogP) is 3.43. The van der Waals surface area contributed by atoms with Gasteiger partial charge in [-0.15, -0.1) is 10.2 Å². The maximum atomic E-state index is 14.2. The molecule has 0 aliphatic heterocycles. The van der Waals surface area contributed by atoms with E-state index in [0.29, 0.717) is 22.7 Å². The first kappa shape index (κ1) is 16.1. The number of nitrogens with two attached hydrogens (primary N) is 1. The fourth-order valence-electron chi connectivity index (χ4n) is 2.71. The van der Waals surface area contributed by atoms with E-state index >= 15 is 0 Å². The van der Waals surface area contributed by atoms with Crippen molar-refractivity contribution in [2.24, 2.45) is 0 Å². The molecule has 0 amide bonds. The van der Waals surface area contributed by atoms with Crippen molar-refractivity contribution in [1.82, 2.24) is 25.0 Å². The van der Waals surface area contributed by atoms with Crippen LogP contribution in [0.4, 0.5) is 14.7 Å². The Morgan fingerprint density at radius 2 is 1.92 bits per heavy atom. The molecule has 0 saturated carbocycles. The average molecular weight is 356 g/mol. The first-order valence-electron chi connectivity index (χ1n) is 7.89. The average Bonchev–Trinajstić information content (AvgIpc) is 3.18. The van der Waals surface area contributed by atoms with Gasteiger partial charge in [-0.3, -0.25) is 0 Å². The van der Waals surface area contributed by atoms with Crippen LogP contribution in [0.15, 0.2) is 34.9 Å². The SMILES string of the molecule is CC(C)c1nnc2ccc(-c3c(-c4ccc(F)cc4F)noc3N)nn12. The fourth-order valence-corrected chi connectivity index (χ4v) is 2.71. The number of nitrogens with zero attached hydrogens (tertiary/aromatic N) is 5. The molecule has 0 aliphatic rings. The lowest BCUT2D eigenvalue weighted by molar-refractivity contribution is 0.438. The van der Waals surface area contributed by atoms with E-state index in [0.717, 1.165) is 12.1 Å². The monoisotopic (exact) mass is 356 g/mol. The maximum Gasteiger partial charge on any atom is 0.232 e. The third kappa shape index (κ3) is 2.48. The number of rotatable bonds is 3. The summed E-state index contributed by atoms with van der Waals surface area (Å²) in [5.74, 6) is -0.703. The normalized spacial score (nSPS) is 11.6. The molecule has 0 spiro atoms. The lowest BCUT2D eigenvalue weighted by Gasteiger charge is -2.06. The number of fused-ring (bicyclic) bond motifs is 1. The quantitative estimate of drug-likeness (QED) is 0.604. The molecule has 0 bridgehead atoms. The van der Waals surface area contributed by atoms with Crippen LogP contribution in [0.5, 0.6) is 0 Å². The molecule has 7 nitrogen and oxygen atoms in total. The molecule has 0 saturated heterocycles. The number of hydrogen-bond donors (Lipinski definition) is 1. The van der Waals surface area contributed by atoms with Crippen molar-refractivity contribution in [3.8, 4) is 22.5 Å². The van der Waals surface area contributed by atoms with Gasteiger partial charge in [-0.25, -0.2) is 8.78 Å². The Bertz CT molecular complexity index is 1120. The Morgan fingerprint density at radius 3 is 2.65 bits per heavy atom. The van der Waals surface area contributed by atoms with Crippen LogP contribution in [0.2, 0.25) is 0 Å². The molecule has 0 unspecified atom stereocenters. The van der Waals surface area contributed by atoms with E-state index in [9.17, 15) is 8.78 Å². The number of aromatic nitrogens is 5. The van der Waals surface area contributed by atoms with Crippen LogP contribution in [0.25, 0.3) is 28.2 Å². The highest BCUT2D eigenvalue weighted by atomic mass is 19.1. The molecular weight excluding hydrogens is 342 g/mol. The Balaban J connectivity index is 1.93. The zero-order valence-electron chi connectivity index (χ0n) is 13.9. The summed E-state index contributed by atoms with van der Waals surface area (Å²) >= 11 is 0. The van der Waals surface area contributed by atoms with Gasteiger partial charge in [0, 0.05) is 17.5 Å². The van der Waals surface area contributed by atoms with E-state index < -0.39 is 11.6 Å². The second-order valence-corrected chi connectivity index (χ2v) is 6.10. The van der Waals surface area contributed by atoms with E-state index in [1.807, 2.05) is 13.8 Å². The first-order chi connectivity index (χ1) is 12.5. The van der Waals surface area contributed by atoms with Gasteiger partial charge in [0.2, 0.25) is 5.88 Å². The van der Waals surface area contributed by atoms with E-state index in [1.54, 1.807) is 16.6 Å². The lowest BCUT2D eigenvalue weighted by atomic mass is 10.0. The van der Waals surface area contributed by atoms with E-state index in [2.05, 4.69) is 20.5 Å². The Morgan fingerprint density at radius 1 is 1.12 bits per heavy atom. The van der Waals surface area contributed by atoms with Crippen LogP contribution in [-0.4, -0.2) is 25.0 Å². The highest BCUT2D eigenvalue weighted by molar-refractivity contribution is 5.85. The number of hydrogen-bond acceptors (Lipinski definition) is 6. The van der Waals surface area contributed by atoms with Crippen LogP contribution in [0.3, 0.4) is 0 Å². The number of nitrogen functional groups attached to an aromatic ring is 1. The summed E-state index contributed by atoms with van der Waals surface area (Å²) in [6.45, 7) is 3.94. The summed E-state index contributed by atoms with van der Waals surface area (Å²) in [6, 6.07) is 6.58. The summed E-state index contributed by atoms with van der Waals surface area (Å²) in [4.78, 5) is 0. The molecule has 4 aromatic rings. The van der Waals surface area contributed by atoms with Crippen molar-refractivity contribution in [3.05, 3.63) is 47.8 Å². The molecule has 26 heavy (non-hydrogen) atoms. The number of anilines is 1. The van der Waals surface area contributed by atoms with Crippen molar-refractivity contribution in [2.75, 3.05) is 5.73 Å². The molecule has 132 valence electrons. The smallest absolute Gasteiger partial charge is 0.232 e. The molecule has 2 N–H and O–H groups in total. The Kier molecular flexibility index (Phi) is 3.64. The van der Waals surface area contributed by atoms with Crippen LogP contribution in [-0.2, 0) is 0 Å². The van der Waals surface area contributed by atoms with Gasteiger partial charge in [0.05, 0.1) is 11.3 Å². The minimum absolute atomic E-state index is 0.0188. The second kappa shape index (κ2) is 5.87. The van der Waals surface area contributed by atoms with Gasteiger partial charge in [0.1, 0.15) is 17.3 Å². The third-order valence-corrected chi connectivity index (χ3v) is 3.96. The molecule has 0 radical (unpaired) electrons. The van der Waals surface area contributed by atoms with Crippen molar-refractivity contribution in [3.63, 3.8) is 0 Å². The molecular formula is C17H14F2N6O. The van der Waals surface area contributed by atoms with Gasteiger partial charge in [-0.05, 0) is 24.3 Å². The summed E-state index contributed by atoms with van der Waals surface area (Å²) in [5.41, 5.74) is 7.42. The van der Waals surface area contributed by atoms with E-state index in [1.165, 1.54) is 6.07 Å². The van der Waals surface area contributed by atoms with Gasteiger partial charge < -0.3 is 10.3 Å². The zero-order valence-corrected chi connectivity index (χ0v) is 13.9. The lowest BCUT2D eigenvalue weighted by Crippen LogP contribution is -2.02. The largest absolute Gasteiger partial charge is 0.367 e. The standard InChI is InChI=1S/C17H14F2N6O/c1-8(2)17-22-21-13-6-5-12(23-25(13)17)14-15(24-26-16(14)20)10-4-3-9(18)7-11(10)19/h3-8H,20H2,1-2H3. The van der Waals surface area contributed by atoms with E-state index in [4.69, 9.17) is 10.3 Å². The first-order valence-corrected chi connectivity index (χ1v) is 7.89. The molecule has 1 aromatic carbocycles. The minimum atomic E-state index is -0.771. The summed E-state index contributed by atoms with van der Waals surface area (Å²) in [5, 5.41) is 16.5. The highest BCUT2D eigenvalue weighted by Gasteiger charge is 2.22. The van der Waals surface area contributed by atoms with Crippen molar-refractivity contribution in [2.45, 2.75) is 19.8 Å². The topological polar surface area (TPSA) is 95.1 Å². The van der Waals surface area contributed by atoms with Gasteiger partial charge in [0.15, 0.2) is 11.5 Å². The van der Waals surface area contributed by atoms with Crippen LogP contribution >= 0.6 is 0 Å². The molecule has 3 aromatic heterocycles. The van der Waals surface area contributed by atoms with Gasteiger partial charge >= 0.3 is 0 Å². The predicted molar refractivity (Wildman–Crippen MR) is 90.1 cm³/mol. The van der Waals surface area contributed by atoms with Crippen molar-refractivity contribution < 1.29 is 13.3 Å². The maximum absolute atomic E-state index is 14.2. The molecule has 0 fully saturated rings. The zero-order chi connectivity index (χ0) is 18.4. The second-order valence-electron chi connectivity index (χ2n) is 6.10. The van der Waals surface area contributed by atoms with Gasteiger partial charge in [-0.2, -0.15) is 9.61 Å². The minimum Gasteiger partial charge on any atom is -0.367 e. The third-order valence-electron chi connectivity index (χ3n) is 3.96. The summed E-state index contributed by atoms with van der Waals surface area (Å²) in [6.07, 6.45) is 0. The number of benzene rings is 1. The van der Waals surface area contributed by atoms with Crippen LogP contribution in [0.1, 0.15) is 25.6 Å². The Hall–Kier alpha value is -3.36. The van der Waals surface area contributed by atoms with Crippen molar-refractivity contribution >= 4 is 11.5 Å². The summed E-state index contributed by atoms with van der Waals surface area (Å²) < 4.78 is 34.1. The number of halogens is 2. The van der Waals surface area contributed by atoms with Crippen LogP contribution in [0, 0.1) is 11.6 Å². The van der Waals surface area contributed by atoms with Crippen LogP contribution < -0.4 is 5.73 Å². The van der Waals surface area contributed by atoms with Gasteiger partial charge in [-0.1, -0.05) is 19.0 Å². The highest BCUT2D eigenvalue weighted by Crippen LogP contribution is 2.36. The fraction of sp³-hybridized carbons (Fsp3) is 0.176. The van der Waals surface area contributed by atoms with Crippen molar-refractivity contribution in [1.29, 1.82) is 0 Å².